The number of aromatic nitrogens is 5. The molecule has 0 unspecified atom stereocenters. The fraction of sp³-hybridized carbons (Fsp3) is 0.632. The smallest absolute Gasteiger partial charge is 0.368 e. The number of nitrogen functional groups attached to an aromatic ring is 1. The molecule has 33 heavy (non-hydrogen) atoms. The molecule has 2 aromatic heterocycles. The Bertz CT molecular complexity index is 990. The second-order valence-corrected chi connectivity index (χ2v) is 8.21. The SMILES string of the molecule is Nc1nc(NC2CCCCC2)nn1-c1ncc(F)c(N2CCC[C@@H]2C(=O)NCC(F)(F)F)n1. The number of alkyl halides is 3. The van der Waals surface area contributed by atoms with Gasteiger partial charge >= 0.3 is 6.18 Å². The molecule has 1 aliphatic heterocycles. The monoisotopic (exact) mass is 471 g/mol. The van der Waals surface area contributed by atoms with Crippen molar-refractivity contribution in [3.05, 3.63) is 12.0 Å². The van der Waals surface area contributed by atoms with Gasteiger partial charge in [-0.2, -0.15) is 27.8 Å². The van der Waals surface area contributed by atoms with E-state index in [0.717, 1.165) is 36.6 Å². The topological polar surface area (TPSA) is 127 Å². The van der Waals surface area contributed by atoms with Crippen LogP contribution in [0.5, 0.6) is 0 Å². The van der Waals surface area contributed by atoms with E-state index >= 15 is 0 Å². The summed E-state index contributed by atoms with van der Waals surface area (Å²) in [5.74, 6) is -1.63. The van der Waals surface area contributed by atoms with Crippen molar-refractivity contribution in [3.8, 4) is 5.95 Å². The molecule has 2 fully saturated rings. The lowest BCUT2D eigenvalue weighted by molar-refractivity contribution is -0.139. The zero-order valence-electron chi connectivity index (χ0n) is 17.8. The maximum Gasteiger partial charge on any atom is 0.405 e. The van der Waals surface area contributed by atoms with Gasteiger partial charge in [0.15, 0.2) is 11.6 Å². The van der Waals surface area contributed by atoms with Gasteiger partial charge in [0.1, 0.15) is 12.6 Å². The predicted molar refractivity (Wildman–Crippen MR) is 111 cm³/mol. The van der Waals surface area contributed by atoms with Crippen molar-refractivity contribution in [3.63, 3.8) is 0 Å². The van der Waals surface area contributed by atoms with Crippen molar-refractivity contribution < 1.29 is 22.4 Å². The summed E-state index contributed by atoms with van der Waals surface area (Å²) >= 11 is 0. The highest BCUT2D eigenvalue weighted by Crippen LogP contribution is 2.28. The molecule has 2 aliphatic rings. The van der Waals surface area contributed by atoms with Crippen molar-refractivity contribution in [2.24, 2.45) is 0 Å². The van der Waals surface area contributed by atoms with E-state index in [9.17, 15) is 22.4 Å². The Labute approximate surface area is 187 Å². The van der Waals surface area contributed by atoms with Crippen molar-refractivity contribution in [2.75, 3.05) is 29.0 Å². The lowest BCUT2D eigenvalue weighted by Crippen LogP contribution is -2.46. The summed E-state index contributed by atoms with van der Waals surface area (Å²) in [6, 6.07) is -0.750. The largest absolute Gasteiger partial charge is 0.405 e. The highest BCUT2D eigenvalue weighted by atomic mass is 19.4. The quantitative estimate of drug-likeness (QED) is 0.547. The molecule has 0 spiro atoms. The molecule has 1 atom stereocenters. The number of hydrogen-bond donors (Lipinski definition) is 3. The second-order valence-electron chi connectivity index (χ2n) is 8.21. The Morgan fingerprint density at radius 1 is 1.15 bits per heavy atom. The van der Waals surface area contributed by atoms with Crippen LogP contribution in [0.25, 0.3) is 5.95 Å². The first-order chi connectivity index (χ1) is 15.7. The molecule has 0 aromatic carbocycles. The molecule has 1 aliphatic carbocycles. The lowest BCUT2D eigenvalue weighted by atomic mass is 9.96. The summed E-state index contributed by atoms with van der Waals surface area (Å²) in [5.41, 5.74) is 5.97. The van der Waals surface area contributed by atoms with E-state index in [-0.39, 0.29) is 36.7 Å². The first-order valence-electron chi connectivity index (χ1n) is 10.8. The first-order valence-corrected chi connectivity index (χ1v) is 10.8. The van der Waals surface area contributed by atoms with E-state index in [1.165, 1.54) is 11.3 Å². The van der Waals surface area contributed by atoms with Crippen molar-refractivity contribution in [1.82, 2.24) is 30.0 Å². The van der Waals surface area contributed by atoms with Gasteiger partial charge in [0, 0.05) is 12.6 Å². The summed E-state index contributed by atoms with van der Waals surface area (Å²) in [7, 11) is 0. The van der Waals surface area contributed by atoms with Crippen LogP contribution in [-0.4, -0.2) is 62.0 Å². The minimum Gasteiger partial charge on any atom is -0.368 e. The summed E-state index contributed by atoms with van der Waals surface area (Å²) < 4.78 is 53.2. The van der Waals surface area contributed by atoms with E-state index in [0.29, 0.717) is 12.4 Å². The molecule has 0 bridgehead atoms. The zero-order chi connectivity index (χ0) is 23.6. The average Bonchev–Trinajstić information content (AvgIpc) is 3.39. The molecule has 1 amide bonds. The van der Waals surface area contributed by atoms with Crippen LogP contribution in [0.3, 0.4) is 0 Å². The minimum atomic E-state index is -4.54. The normalized spacial score (nSPS) is 19.6. The van der Waals surface area contributed by atoms with E-state index < -0.39 is 30.5 Å². The summed E-state index contributed by atoms with van der Waals surface area (Å²) in [6.45, 7) is -1.21. The van der Waals surface area contributed by atoms with Crippen molar-refractivity contribution >= 4 is 23.6 Å². The van der Waals surface area contributed by atoms with Gasteiger partial charge < -0.3 is 21.3 Å². The average molecular weight is 471 g/mol. The highest BCUT2D eigenvalue weighted by molar-refractivity contribution is 5.85. The summed E-state index contributed by atoms with van der Waals surface area (Å²) in [5, 5.41) is 9.37. The molecular weight excluding hydrogens is 446 g/mol. The molecule has 2 aromatic rings. The van der Waals surface area contributed by atoms with Gasteiger partial charge in [-0.1, -0.05) is 19.3 Å². The number of amides is 1. The Kier molecular flexibility index (Phi) is 6.51. The van der Waals surface area contributed by atoms with Gasteiger partial charge in [-0.15, -0.1) is 5.10 Å². The van der Waals surface area contributed by atoms with Gasteiger partial charge in [0.05, 0.1) is 6.20 Å². The van der Waals surface area contributed by atoms with Gasteiger partial charge in [0.25, 0.3) is 5.95 Å². The van der Waals surface area contributed by atoms with Crippen LogP contribution in [0.4, 0.5) is 35.3 Å². The standard InChI is InChI=1S/C19H25F4N9O/c20-12-9-25-18(32-16(24)29-17(30-32)27-11-5-2-1-3-6-11)28-14(12)31-8-4-7-13(31)15(33)26-10-19(21,22)23/h9,11,13H,1-8,10H2,(H,26,33)(H3,24,27,29,30)/t13-/m1/s1. The number of rotatable bonds is 6. The molecule has 1 saturated heterocycles. The van der Waals surface area contributed by atoms with Gasteiger partial charge in [-0.25, -0.2) is 9.37 Å². The third-order valence-electron chi connectivity index (χ3n) is 5.76. The minimum absolute atomic E-state index is 0.00763. The zero-order valence-corrected chi connectivity index (χ0v) is 17.8. The molecule has 180 valence electrons. The van der Waals surface area contributed by atoms with Crippen LogP contribution in [0.2, 0.25) is 0 Å². The summed E-state index contributed by atoms with van der Waals surface area (Å²) in [4.78, 5) is 25.9. The van der Waals surface area contributed by atoms with Crippen LogP contribution < -0.4 is 21.3 Å². The fourth-order valence-electron chi connectivity index (χ4n) is 4.21. The van der Waals surface area contributed by atoms with Crippen LogP contribution in [0.1, 0.15) is 44.9 Å². The highest BCUT2D eigenvalue weighted by Gasteiger charge is 2.36. The molecular formula is C19H25F4N9O. The maximum atomic E-state index is 14.6. The number of hydrogen-bond acceptors (Lipinski definition) is 8. The van der Waals surface area contributed by atoms with Crippen LogP contribution in [-0.2, 0) is 4.79 Å². The van der Waals surface area contributed by atoms with Gasteiger partial charge in [0.2, 0.25) is 17.8 Å². The number of carbonyl (C=O) groups excluding carboxylic acids is 1. The Morgan fingerprint density at radius 3 is 2.64 bits per heavy atom. The Morgan fingerprint density at radius 2 is 1.91 bits per heavy atom. The number of halogens is 4. The van der Waals surface area contributed by atoms with E-state index in [2.05, 4.69) is 25.4 Å². The van der Waals surface area contributed by atoms with Crippen LogP contribution in [0, 0.1) is 5.82 Å². The third kappa shape index (κ3) is 5.42. The van der Waals surface area contributed by atoms with Crippen LogP contribution in [0.15, 0.2) is 6.20 Å². The molecule has 1 saturated carbocycles. The number of carbonyl (C=O) groups is 1. The van der Waals surface area contributed by atoms with E-state index in [1.807, 2.05) is 5.32 Å². The molecule has 0 radical (unpaired) electrons. The number of nitrogens with zero attached hydrogens (tertiary/aromatic N) is 6. The van der Waals surface area contributed by atoms with Gasteiger partial charge in [-0.05, 0) is 25.7 Å². The van der Waals surface area contributed by atoms with Gasteiger partial charge in [-0.3, -0.25) is 4.79 Å². The summed E-state index contributed by atoms with van der Waals surface area (Å²) in [6.07, 6.45) is 2.55. The van der Waals surface area contributed by atoms with E-state index in [1.54, 1.807) is 0 Å². The van der Waals surface area contributed by atoms with Crippen molar-refractivity contribution in [2.45, 2.75) is 63.2 Å². The Balaban J connectivity index is 1.53. The number of nitrogens with one attached hydrogen (secondary N) is 2. The first kappa shape index (κ1) is 23.0. The molecule has 4 N–H and O–H groups in total. The second kappa shape index (κ2) is 9.35. The molecule has 3 heterocycles. The fourth-order valence-corrected chi connectivity index (χ4v) is 4.21. The third-order valence-corrected chi connectivity index (χ3v) is 5.76. The number of nitrogens with two attached hydrogens (primary N) is 1. The van der Waals surface area contributed by atoms with Crippen LogP contribution >= 0.6 is 0 Å². The van der Waals surface area contributed by atoms with Crippen molar-refractivity contribution in [1.29, 1.82) is 0 Å². The molecule has 10 nitrogen and oxygen atoms in total. The Hall–Kier alpha value is -3.19. The maximum absolute atomic E-state index is 14.6. The van der Waals surface area contributed by atoms with E-state index in [4.69, 9.17) is 5.73 Å². The molecule has 4 rings (SSSR count). The molecule has 14 heteroatoms. The number of anilines is 3. The predicted octanol–water partition coefficient (Wildman–Crippen LogP) is 2.17. The lowest BCUT2D eigenvalue weighted by Gasteiger charge is -2.25.